The first kappa shape index (κ1) is 55.7. The first-order valence-electron chi connectivity index (χ1n) is 24.1. The molecule has 0 amide bonds. The van der Waals surface area contributed by atoms with E-state index < -0.39 is 71.2 Å². The molecule has 0 spiro atoms. The Hall–Kier alpha value is -1.35. The molecule has 0 aliphatic carbocycles. The minimum atomic E-state index is -4.60. The van der Waals surface area contributed by atoms with Gasteiger partial charge in [0.05, 0.1) is 6.61 Å². The zero-order valence-corrected chi connectivity index (χ0v) is 38.2. The van der Waals surface area contributed by atoms with Gasteiger partial charge in [0, 0.05) is 12.8 Å². The van der Waals surface area contributed by atoms with E-state index in [0.29, 0.717) is 12.8 Å². The van der Waals surface area contributed by atoms with Crippen LogP contribution in [0, 0.1) is 0 Å². The average molecular weight is 865 g/mol. The Morgan fingerprint density at radius 1 is 0.508 bits per heavy atom. The minimum absolute atomic E-state index is 0.172. The van der Waals surface area contributed by atoms with Crippen molar-refractivity contribution in [3.63, 3.8) is 0 Å². The highest BCUT2D eigenvalue weighted by Crippen LogP contribution is 2.24. The fourth-order valence-corrected chi connectivity index (χ4v) is 8.37. The van der Waals surface area contributed by atoms with Crippen molar-refractivity contribution in [3.8, 4) is 0 Å². The molecule has 1 heterocycles. The fraction of sp³-hybridized carbons (Fsp3) is 0.957. The molecule has 0 aromatic carbocycles. The van der Waals surface area contributed by atoms with Gasteiger partial charge in [-0.05, 0) is 12.8 Å². The lowest BCUT2D eigenvalue weighted by molar-refractivity contribution is -0.297. The van der Waals surface area contributed by atoms with E-state index in [4.69, 9.17) is 18.9 Å². The van der Waals surface area contributed by atoms with Crippen LogP contribution in [-0.2, 0) is 38.7 Å². The first-order valence-corrected chi connectivity index (χ1v) is 25.7. The lowest BCUT2D eigenvalue weighted by atomic mass is 10.00. The van der Waals surface area contributed by atoms with Crippen LogP contribution in [0.5, 0.6) is 0 Å². The Kier molecular flexibility index (Phi) is 35.1. The monoisotopic (exact) mass is 865 g/mol. The largest absolute Gasteiger partial charge is 0.462 e. The van der Waals surface area contributed by atoms with Crippen LogP contribution in [0.25, 0.3) is 0 Å². The third-order valence-electron chi connectivity index (χ3n) is 11.4. The van der Waals surface area contributed by atoms with Gasteiger partial charge >= 0.3 is 11.9 Å². The number of unbranched alkanes of at least 4 members (excludes halogenated alkanes) is 29. The van der Waals surface area contributed by atoms with Gasteiger partial charge in [0.2, 0.25) is 0 Å². The van der Waals surface area contributed by atoms with Crippen molar-refractivity contribution in [2.24, 2.45) is 0 Å². The second-order valence-electron chi connectivity index (χ2n) is 17.1. The molecule has 12 nitrogen and oxygen atoms in total. The molecule has 350 valence electrons. The van der Waals surface area contributed by atoms with Gasteiger partial charge in [-0.1, -0.05) is 200 Å². The lowest BCUT2D eigenvalue weighted by Gasteiger charge is -2.40. The summed E-state index contributed by atoms with van der Waals surface area (Å²) < 4.78 is 54.1. The van der Waals surface area contributed by atoms with Crippen LogP contribution in [0.15, 0.2) is 0 Å². The number of hydrogen-bond donors (Lipinski definition) is 4. The third-order valence-corrected chi connectivity index (χ3v) is 12.2. The van der Waals surface area contributed by atoms with E-state index in [1.807, 2.05) is 0 Å². The minimum Gasteiger partial charge on any atom is -0.462 e. The van der Waals surface area contributed by atoms with E-state index in [2.05, 4.69) is 13.8 Å². The van der Waals surface area contributed by atoms with Gasteiger partial charge in [0.15, 0.2) is 12.4 Å². The quantitative estimate of drug-likeness (QED) is 0.0259. The van der Waals surface area contributed by atoms with Crippen LogP contribution in [-0.4, -0.2) is 96.0 Å². The smallest absolute Gasteiger partial charge is 0.306 e. The first-order chi connectivity index (χ1) is 28.5. The molecule has 1 rings (SSSR count). The number of carbonyl (C=O) groups excluding carboxylic acids is 2. The van der Waals surface area contributed by atoms with Crippen molar-refractivity contribution < 1.29 is 56.8 Å². The zero-order valence-electron chi connectivity index (χ0n) is 37.4. The Bertz CT molecular complexity index is 1110. The molecule has 2 unspecified atom stereocenters. The van der Waals surface area contributed by atoms with E-state index in [9.17, 15) is 37.9 Å². The molecular weight excluding hydrogens is 777 g/mol. The number of aliphatic hydroxyl groups is 3. The third kappa shape index (κ3) is 32.1. The number of esters is 2. The fourth-order valence-electron chi connectivity index (χ4n) is 7.68. The van der Waals surface area contributed by atoms with Crippen molar-refractivity contribution in [2.45, 2.75) is 263 Å². The summed E-state index contributed by atoms with van der Waals surface area (Å²) in [7, 11) is -4.60. The van der Waals surface area contributed by atoms with Crippen LogP contribution < -0.4 is 0 Å². The van der Waals surface area contributed by atoms with E-state index in [1.165, 1.54) is 148 Å². The highest BCUT2D eigenvalue weighted by atomic mass is 32.2. The van der Waals surface area contributed by atoms with Gasteiger partial charge in [-0.25, -0.2) is 0 Å². The number of ether oxygens (including phenoxy) is 4. The van der Waals surface area contributed by atoms with Crippen molar-refractivity contribution in [2.75, 3.05) is 19.0 Å². The Balaban J connectivity index is 2.38. The molecule has 0 saturated carbocycles. The maximum atomic E-state index is 12.8. The second kappa shape index (κ2) is 37.2. The molecule has 1 saturated heterocycles. The second-order valence-corrected chi connectivity index (χ2v) is 18.6. The SMILES string of the molecule is CCCCCCCCCCCCCCCCCCCCC(=O)OC[C@H](CO[C@H]1O[C@H](CS(=O)(=O)O)[C@@H](O)C(O)C1O)OC(=O)CCCCCCCCCCCCCCC. The molecule has 0 aromatic heterocycles. The molecule has 1 aliphatic rings. The van der Waals surface area contributed by atoms with E-state index in [-0.39, 0.29) is 19.4 Å². The van der Waals surface area contributed by atoms with Crippen LogP contribution in [0.3, 0.4) is 0 Å². The van der Waals surface area contributed by atoms with Gasteiger partial charge in [-0.15, -0.1) is 0 Å². The summed E-state index contributed by atoms with van der Waals surface area (Å²) in [6.07, 6.45) is 28.6. The van der Waals surface area contributed by atoms with Gasteiger partial charge in [0.1, 0.15) is 36.8 Å². The van der Waals surface area contributed by atoms with Gasteiger partial charge in [0.25, 0.3) is 10.1 Å². The average Bonchev–Trinajstić information content (AvgIpc) is 3.20. The predicted octanol–water partition coefficient (Wildman–Crippen LogP) is 10.1. The summed E-state index contributed by atoms with van der Waals surface area (Å²) in [5.41, 5.74) is 0. The summed E-state index contributed by atoms with van der Waals surface area (Å²) in [5, 5.41) is 30.9. The topological polar surface area (TPSA) is 186 Å². The van der Waals surface area contributed by atoms with Crippen LogP contribution in [0.1, 0.15) is 226 Å². The van der Waals surface area contributed by atoms with Crippen LogP contribution >= 0.6 is 0 Å². The van der Waals surface area contributed by atoms with Crippen molar-refractivity contribution in [1.29, 1.82) is 0 Å². The van der Waals surface area contributed by atoms with E-state index in [0.717, 1.165) is 38.5 Å². The van der Waals surface area contributed by atoms with Crippen LogP contribution in [0.4, 0.5) is 0 Å². The molecule has 1 aliphatic heterocycles. The Morgan fingerprint density at radius 2 is 0.864 bits per heavy atom. The Labute approximate surface area is 359 Å². The number of aliphatic hydroxyl groups excluding tert-OH is 3. The normalized spacial score (nSPS) is 20.1. The molecule has 0 radical (unpaired) electrons. The van der Waals surface area contributed by atoms with E-state index >= 15 is 0 Å². The molecule has 0 bridgehead atoms. The molecule has 0 aromatic rings. The summed E-state index contributed by atoms with van der Waals surface area (Å²) in [6.45, 7) is 3.79. The molecule has 13 heteroatoms. The van der Waals surface area contributed by atoms with Crippen LogP contribution in [0.2, 0.25) is 0 Å². The number of rotatable bonds is 41. The standard InChI is InChI=1S/C46H88O12S/c1-3-5-7-9-11-13-15-17-18-19-20-21-23-24-26-28-30-32-34-41(47)55-36-39(37-56-46-45(51)44(50)43(49)40(58-46)38-59(52,53)54)57-42(48)35-33-31-29-27-25-22-16-14-12-10-8-6-4-2/h39-40,43-46,49-51H,3-38H2,1-2H3,(H,52,53,54)/t39-,40-,43-,44?,45?,46+/m1/s1. The molecular formula is C46H88O12S. The lowest BCUT2D eigenvalue weighted by Crippen LogP contribution is -2.60. The van der Waals surface area contributed by atoms with Crippen molar-refractivity contribution in [3.05, 3.63) is 0 Å². The summed E-state index contributed by atoms with van der Waals surface area (Å²) >= 11 is 0. The Morgan fingerprint density at radius 3 is 1.24 bits per heavy atom. The van der Waals surface area contributed by atoms with Crippen molar-refractivity contribution in [1.82, 2.24) is 0 Å². The van der Waals surface area contributed by atoms with Gasteiger partial charge < -0.3 is 34.3 Å². The number of carbonyl (C=O) groups is 2. The zero-order chi connectivity index (χ0) is 43.4. The summed E-state index contributed by atoms with van der Waals surface area (Å²) in [5.74, 6) is -1.96. The molecule has 6 atom stereocenters. The maximum absolute atomic E-state index is 12.8. The maximum Gasteiger partial charge on any atom is 0.306 e. The van der Waals surface area contributed by atoms with E-state index in [1.54, 1.807) is 0 Å². The highest BCUT2D eigenvalue weighted by Gasteiger charge is 2.46. The number of hydrogen-bond acceptors (Lipinski definition) is 11. The van der Waals surface area contributed by atoms with Gasteiger partial charge in [-0.3, -0.25) is 14.1 Å². The predicted molar refractivity (Wildman–Crippen MR) is 234 cm³/mol. The molecule has 4 N–H and O–H groups in total. The summed E-state index contributed by atoms with van der Waals surface area (Å²) in [6, 6.07) is 0. The summed E-state index contributed by atoms with van der Waals surface area (Å²) in [4.78, 5) is 25.4. The molecule has 59 heavy (non-hydrogen) atoms. The van der Waals surface area contributed by atoms with Gasteiger partial charge in [-0.2, -0.15) is 8.42 Å². The van der Waals surface area contributed by atoms with Crippen molar-refractivity contribution >= 4 is 22.1 Å². The highest BCUT2D eigenvalue weighted by molar-refractivity contribution is 7.85. The molecule has 1 fully saturated rings.